The van der Waals surface area contributed by atoms with Gasteiger partial charge in [-0.2, -0.15) is 0 Å². The quantitative estimate of drug-likeness (QED) is 0.766. The molecule has 3 aromatic rings. The van der Waals surface area contributed by atoms with Crippen LogP contribution in [0.2, 0.25) is 0 Å². The molecule has 3 rings (SSSR count). The molecule has 0 spiro atoms. The third-order valence-corrected chi connectivity index (χ3v) is 2.95. The number of hydrogen-bond acceptors (Lipinski definition) is 5. The number of nitrogens with zero attached hydrogens (tertiary/aromatic N) is 3. The zero-order valence-corrected chi connectivity index (χ0v) is 10.8. The van der Waals surface area contributed by atoms with Gasteiger partial charge in [-0.1, -0.05) is 0 Å². The van der Waals surface area contributed by atoms with Crippen LogP contribution in [0.5, 0.6) is 11.6 Å². The molecule has 21 heavy (non-hydrogen) atoms. The summed E-state index contributed by atoms with van der Waals surface area (Å²) < 4.78 is 6.71. The zero-order valence-electron chi connectivity index (χ0n) is 10.8. The normalized spacial score (nSPS) is 10.7. The summed E-state index contributed by atoms with van der Waals surface area (Å²) in [6, 6.07) is 8.26. The first kappa shape index (κ1) is 13.1. The molecular formula is C14H11N3O4. The van der Waals surface area contributed by atoms with Crippen LogP contribution in [0.15, 0.2) is 42.9 Å². The van der Waals surface area contributed by atoms with Crippen LogP contribution in [0, 0.1) is 0 Å². The van der Waals surface area contributed by atoms with Crippen molar-refractivity contribution >= 4 is 17.0 Å². The second-order valence-electron chi connectivity index (χ2n) is 4.30. The third-order valence-electron chi connectivity index (χ3n) is 2.95. The number of hydrogen-bond donors (Lipinski definition) is 2. The molecule has 1 aromatic carbocycles. The van der Waals surface area contributed by atoms with E-state index in [4.69, 9.17) is 14.9 Å². The lowest BCUT2D eigenvalue weighted by Crippen LogP contribution is -2.05. The van der Waals surface area contributed by atoms with Gasteiger partial charge in [0.05, 0.1) is 17.8 Å². The molecule has 0 fully saturated rings. The Balaban J connectivity index is 1.92. The summed E-state index contributed by atoms with van der Waals surface area (Å²) in [5, 5.41) is 18.8. The highest BCUT2D eigenvalue weighted by atomic mass is 16.5. The molecule has 0 saturated heterocycles. The van der Waals surface area contributed by atoms with E-state index in [9.17, 15) is 4.79 Å². The lowest BCUT2D eigenvalue weighted by molar-refractivity contribution is 0.197. The topological polar surface area (TPSA) is 97.5 Å². The van der Waals surface area contributed by atoms with Crippen molar-refractivity contribution in [1.29, 1.82) is 0 Å². The Morgan fingerprint density at radius 2 is 2.10 bits per heavy atom. The van der Waals surface area contributed by atoms with E-state index in [1.54, 1.807) is 24.3 Å². The molecule has 2 aromatic heterocycles. The number of fused-ring (bicyclic) bond motifs is 1. The molecule has 106 valence electrons. The lowest BCUT2D eigenvalue weighted by atomic mass is 10.2. The molecular weight excluding hydrogens is 274 g/mol. The number of carboxylic acid groups (broad SMARTS) is 1. The van der Waals surface area contributed by atoms with E-state index in [-0.39, 0.29) is 6.61 Å². The SMILES string of the molecule is O=C(O)n1ccc2cc(Oc3cc(CO)ncn3)ccc21. The smallest absolute Gasteiger partial charge is 0.415 e. The predicted octanol–water partition coefficient (Wildman–Crippen LogP) is 2.24. The number of benzene rings is 1. The van der Waals surface area contributed by atoms with Crippen LogP contribution in [0.25, 0.3) is 10.9 Å². The standard InChI is InChI=1S/C14H11N3O4/c18-7-10-6-13(16-8-15-10)21-11-1-2-12-9(5-11)3-4-17(12)14(19)20/h1-6,8,18H,7H2,(H,19,20). The number of ether oxygens (including phenoxy) is 1. The van der Waals surface area contributed by atoms with Gasteiger partial charge in [0.2, 0.25) is 5.88 Å². The Hall–Kier alpha value is -2.93. The molecule has 0 radical (unpaired) electrons. The van der Waals surface area contributed by atoms with Crippen LogP contribution in [-0.2, 0) is 6.61 Å². The Labute approximate surface area is 119 Å². The van der Waals surface area contributed by atoms with Gasteiger partial charge >= 0.3 is 6.09 Å². The fraction of sp³-hybridized carbons (Fsp3) is 0.0714. The van der Waals surface area contributed by atoms with Crippen LogP contribution >= 0.6 is 0 Å². The van der Waals surface area contributed by atoms with Crippen LogP contribution < -0.4 is 4.74 Å². The van der Waals surface area contributed by atoms with Gasteiger partial charge in [-0.3, -0.25) is 4.57 Å². The van der Waals surface area contributed by atoms with E-state index in [1.165, 1.54) is 18.6 Å². The van der Waals surface area contributed by atoms with Crippen molar-refractivity contribution < 1.29 is 19.7 Å². The molecule has 0 aliphatic carbocycles. The second kappa shape index (κ2) is 5.22. The van der Waals surface area contributed by atoms with Crippen molar-refractivity contribution in [2.24, 2.45) is 0 Å². The monoisotopic (exact) mass is 285 g/mol. The first-order chi connectivity index (χ1) is 10.2. The van der Waals surface area contributed by atoms with Crippen LogP contribution in [0.4, 0.5) is 4.79 Å². The third kappa shape index (κ3) is 2.54. The number of aromatic nitrogens is 3. The van der Waals surface area contributed by atoms with E-state index >= 15 is 0 Å². The Kier molecular flexibility index (Phi) is 3.25. The fourth-order valence-electron chi connectivity index (χ4n) is 1.99. The van der Waals surface area contributed by atoms with Gasteiger partial charge < -0.3 is 14.9 Å². The molecule has 0 amide bonds. The van der Waals surface area contributed by atoms with Gasteiger partial charge in [0.25, 0.3) is 0 Å². The van der Waals surface area contributed by atoms with Crippen molar-refractivity contribution in [3.05, 3.63) is 48.5 Å². The highest BCUT2D eigenvalue weighted by Gasteiger charge is 2.08. The lowest BCUT2D eigenvalue weighted by Gasteiger charge is -2.06. The van der Waals surface area contributed by atoms with Crippen molar-refractivity contribution in [3.8, 4) is 11.6 Å². The van der Waals surface area contributed by atoms with E-state index < -0.39 is 6.09 Å². The number of rotatable bonds is 3. The van der Waals surface area contributed by atoms with Crippen LogP contribution in [0.3, 0.4) is 0 Å². The minimum Gasteiger partial charge on any atom is -0.464 e. The van der Waals surface area contributed by atoms with Gasteiger partial charge in [-0.05, 0) is 24.3 Å². The highest BCUT2D eigenvalue weighted by molar-refractivity contribution is 5.89. The minimum absolute atomic E-state index is 0.195. The van der Waals surface area contributed by atoms with Crippen molar-refractivity contribution in [2.45, 2.75) is 6.61 Å². The predicted molar refractivity (Wildman–Crippen MR) is 73.4 cm³/mol. The maximum absolute atomic E-state index is 11.0. The zero-order chi connectivity index (χ0) is 14.8. The van der Waals surface area contributed by atoms with Crippen molar-refractivity contribution in [3.63, 3.8) is 0 Å². The summed E-state index contributed by atoms with van der Waals surface area (Å²) in [5.74, 6) is 0.833. The highest BCUT2D eigenvalue weighted by Crippen LogP contribution is 2.25. The van der Waals surface area contributed by atoms with Gasteiger partial charge in [0.15, 0.2) is 0 Å². The van der Waals surface area contributed by atoms with Crippen LogP contribution in [0.1, 0.15) is 5.69 Å². The average Bonchev–Trinajstić information content (AvgIpc) is 2.90. The molecule has 0 aliphatic rings. The Morgan fingerprint density at radius 3 is 2.86 bits per heavy atom. The largest absolute Gasteiger partial charge is 0.464 e. The summed E-state index contributed by atoms with van der Waals surface area (Å²) in [6.07, 6.45) is 1.74. The number of carbonyl (C=O) groups is 1. The first-order valence-corrected chi connectivity index (χ1v) is 6.11. The molecule has 0 unspecified atom stereocenters. The molecule has 0 bridgehead atoms. The number of aliphatic hydroxyl groups is 1. The van der Waals surface area contributed by atoms with Gasteiger partial charge in [-0.15, -0.1) is 0 Å². The molecule has 7 nitrogen and oxygen atoms in total. The van der Waals surface area contributed by atoms with E-state index in [0.717, 1.165) is 9.95 Å². The molecule has 0 saturated carbocycles. The minimum atomic E-state index is -1.04. The fourth-order valence-corrected chi connectivity index (χ4v) is 1.99. The van der Waals surface area contributed by atoms with Gasteiger partial charge in [-0.25, -0.2) is 14.8 Å². The van der Waals surface area contributed by atoms with Crippen LogP contribution in [-0.4, -0.2) is 30.8 Å². The summed E-state index contributed by atoms with van der Waals surface area (Å²) >= 11 is 0. The molecule has 2 heterocycles. The number of aliphatic hydroxyl groups excluding tert-OH is 1. The van der Waals surface area contributed by atoms with Crippen molar-refractivity contribution in [1.82, 2.24) is 14.5 Å². The summed E-state index contributed by atoms with van der Waals surface area (Å²) in [5.41, 5.74) is 1.03. The van der Waals surface area contributed by atoms with Gasteiger partial charge in [0.1, 0.15) is 12.1 Å². The maximum Gasteiger partial charge on any atom is 0.415 e. The molecule has 0 atom stereocenters. The summed E-state index contributed by atoms with van der Waals surface area (Å²) in [6.45, 7) is -0.195. The van der Waals surface area contributed by atoms with E-state index in [0.29, 0.717) is 22.8 Å². The second-order valence-corrected chi connectivity index (χ2v) is 4.30. The Bertz CT molecular complexity index is 813. The van der Waals surface area contributed by atoms with Gasteiger partial charge in [0, 0.05) is 17.6 Å². The maximum atomic E-state index is 11.0. The molecule has 7 heteroatoms. The van der Waals surface area contributed by atoms with E-state index in [1.807, 2.05) is 0 Å². The average molecular weight is 285 g/mol. The Morgan fingerprint density at radius 1 is 1.24 bits per heavy atom. The first-order valence-electron chi connectivity index (χ1n) is 6.11. The summed E-state index contributed by atoms with van der Waals surface area (Å²) in [4.78, 5) is 18.8. The molecule has 0 aliphatic heterocycles. The van der Waals surface area contributed by atoms with Crippen molar-refractivity contribution in [2.75, 3.05) is 0 Å². The summed E-state index contributed by atoms with van der Waals surface area (Å²) in [7, 11) is 0. The molecule has 2 N–H and O–H groups in total. The van der Waals surface area contributed by atoms with E-state index in [2.05, 4.69) is 9.97 Å².